The summed E-state index contributed by atoms with van der Waals surface area (Å²) < 4.78 is 1.46. The molecule has 1 aromatic heterocycles. The summed E-state index contributed by atoms with van der Waals surface area (Å²) in [5, 5.41) is 7.27. The lowest BCUT2D eigenvalue weighted by molar-refractivity contribution is -0.135. The zero-order valence-corrected chi connectivity index (χ0v) is 13.5. The molecule has 2 heterocycles. The van der Waals surface area contributed by atoms with Crippen molar-refractivity contribution in [3.05, 3.63) is 12.4 Å². The van der Waals surface area contributed by atoms with Crippen LogP contribution < -0.4 is 11.1 Å². The standard InChI is InChI=1S/C15H25N5O2/c1-15(2,3)10-19-6-4-5-12(14(19)22)18-11-7-17-20(8-11)9-13(16)21/h7-8,12,18H,4-6,9-10H2,1-3H3,(H2,16,21)/t12-/m0/s1. The molecule has 7 nitrogen and oxygen atoms in total. The van der Waals surface area contributed by atoms with E-state index < -0.39 is 5.91 Å². The topological polar surface area (TPSA) is 93.2 Å². The van der Waals surface area contributed by atoms with Crippen LogP contribution in [0.2, 0.25) is 0 Å². The molecule has 2 amide bonds. The lowest BCUT2D eigenvalue weighted by Gasteiger charge is -2.36. The fourth-order valence-corrected chi connectivity index (χ4v) is 2.69. The number of hydrogen-bond acceptors (Lipinski definition) is 4. The van der Waals surface area contributed by atoms with Gasteiger partial charge in [0.25, 0.3) is 0 Å². The van der Waals surface area contributed by atoms with E-state index in [0.29, 0.717) is 0 Å². The first-order chi connectivity index (χ1) is 10.2. The maximum Gasteiger partial charge on any atom is 0.245 e. The highest BCUT2D eigenvalue weighted by Gasteiger charge is 2.31. The highest BCUT2D eigenvalue weighted by molar-refractivity contribution is 5.85. The van der Waals surface area contributed by atoms with Crippen LogP contribution in [0.25, 0.3) is 0 Å². The van der Waals surface area contributed by atoms with Crippen LogP contribution in [0.5, 0.6) is 0 Å². The highest BCUT2D eigenvalue weighted by atomic mass is 16.2. The fourth-order valence-electron chi connectivity index (χ4n) is 2.69. The number of nitrogens with one attached hydrogen (secondary N) is 1. The smallest absolute Gasteiger partial charge is 0.245 e. The molecule has 0 radical (unpaired) electrons. The largest absolute Gasteiger partial charge is 0.371 e. The maximum absolute atomic E-state index is 12.6. The van der Waals surface area contributed by atoms with Gasteiger partial charge in [-0.15, -0.1) is 0 Å². The zero-order valence-electron chi connectivity index (χ0n) is 13.5. The number of hydrogen-bond donors (Lipinski definition) is 2. The number of carbonyl (C=O) groups is 2. The SMILES string of the molecule is CC(C)(C)CN1CCC[C@H](Nc2cnn(CC(N)=O)c2)C1=O. The average molecular weight is 307 g/mol. The molecular formula is C15H25N5O2. The second-order valence-electron chi connectivity index (χ2n) is 7.05. The number of carbonyl (C=O) groups excluding carboxylic acids is 2. The highest BCUT2D eigenvalue weighted by Crippen LogP contribution is 2.22. The molecule has 2 rings (SSSR count). The van der Waals surface area contributed by atoms with Gasteiger partial charge in [0.05, 0.1) is 11.9 Å². The van der Waals surface area contributed by atoms with Crippen molar-refractivity contribution in [2.45, 2.75) is 46.2 Å². The van der Waals surface area contributed by atoms with Gasteiger partial charge in [-0.2, -0.15) is 5.10 Å². The van der Waals surface area contributed by atoms with Gasteiger partial charge >= 0.3 is 0 Å². The van der Waals surface area contributed by atoms with Gasteiger partial charge < -0.3 is 16.0 Å². The monoisotopic (exact) mass is 307 g/mol. The van der Waals surface area contributed by atoms with Crippen molar-refractivity contribution < 1.29 is 9.59 Å². The number of nitrogens with two attached hydrogens (primary N) is 1. The van der Waals surface area contributed by atoms with Crippen LogP contribution in [-0.2, 0) is 16.1 Å². The summed E-state index contributed by atoms with van der Waals surface area (Å²) in [6.07, 6.45) is 5.09. The van der Waals surface area contributed by atoms with Crippen molar-refractivity contribution in [2.75, 3.05) is 18.4 Å². The van der Waals surface area contributed by atoms with Crippen molar-refractivity contribution in [1.29, 1.82) is 0 Å². The van der Waals surface area contributed by atoms with E-state index >= 15 is 0 Å². The van der Waals surface area contributed by atoms with Gasteiger partial charge in [-0.05, 0) is 18.3 Å². The number of piperidine rings is 1. The predicted octanol–water partition coefficient (Wildman–Crippen LogP) is 0.817. The number of amides is 2. The third kappa shape index (κ3) is 4.47. The number of rotatable bonds is 5. The van der Waals surface area contributed by atoms with Crippen LogP contribution in [-0.4, -0.2) is 45.6 Å². The number of anilines is 1. The van der Waals surface area contributed by atoms with Gasteiger partial charge in [-0.3, -0.25) is 14.3 Å². The van der Waals surface area contributed by atoms with Gasteiger partial charge in [0.1, 0.15) is 12.6 Å². The fraction of sp³-hybridized carbons (Fsp3) is 0.667. The average Bonchev–Trinajstić information content (AvgIpc) is 2.79. The zero-order chi connectivity index (χ0) is 16.3. The van der Waals surface area contributed by atoms with Crippen LogP contribution in [0.15, 0.2) is 12.4 Å². The molecule has 0 aliphatic carbocycles. The molecule has 7 heteroatoms. The van der Waals surface area contributed by atoms with E-state index in [0.717, 1.165) is 31.6 Å². The number of primary amides is 1. The summed E-state index contributed by atoms with van der Waals surface area (Å²) in [6, 6.07) is -0.234. The second kappa shape index (κ2) is 6.37. The van der Waals surface area contributed by atoms with Crippen molar-refractivity contribution in [3.63, 3.8) is 0 Å². The first-order valence-electron chi connectivity index (χ1n) is 7.61. The quantitative estimate of drug-likeness (QED) is 0.842. The molecule has 1 atom stereocenters. The Balaban J connectivity index is 1.98. The first kappa shape index (κ1) is 16.3. The number of likely N-dealkylation sites (tertiary alicyclic amines) is 1. The lowest BCUT2D eigenvalue weighted by Crippen LogP contribution is -2.50. The Bertz CT molecular complexity index is 546. The number of nitrogens with zero attached hydrogens (tertiary/aromatic N) is 3. The molecule has 0 spiro atoms. The van der Waals surface area contributed by atoms with E-state index in [1.54, 1.807) is 12.4 Å². The van der Waals surface area contributed by atoms with E-state index in [-0.39, 0.29) is 23.9 Å². The van der Waals surface area contributed by atoms with E-state index in [4.69, 9.17) is 5.73 Å². The van der Waals surface area contributed by atoms with E-state index in [2.05, 4.69) is 31.2 Å². The molecule has 1 saturated heterocycles. The summed E-state index contributed by atoms with van der Waals surface area (Å²) in [5.74, 6) is -0.316. The molecule has 1 aliphatic heterocycles. The lowest BCUT2D eigenvalue weighted by atomic mass is 9.94. The minimum atomic E-state index is -0.445. The summed E-state index contributed by atoms with van der Waals surface area (Å²) in [5.41, 5.74) is 5.96. The summed E-state index contributed by atoms with van der Waals surface area (Å²) in [6.45, 7) is 8.00. The Kier molecular flexibility index (Phi) is 4.73. The number of aromatic nitrogens is 2. The van der Waals surface area contributed by atoms with Crippen LogP contribution >= 0.6 is 0 Å². The molecule has 22 heavy (non-hydrogen) atoms. The van der Waals surface area contributed by atoms with Gasteiger partial charge in [-0.25, -0.2) is 0 Å². The van der Waals surface area contributed by atoms with Crippen LogP contribution in [0, 0.1) is 5.41 Å². The van der Waals surface area contributed by atoms with Crippen molar-refractivity contribution in [3.8, 4) is 0 Å². The van der Waals surface area contributed by atoms with Crippen molar-refractivity contribution >= 4 is 17.5 Å². The van der Waals surface area contributed by atoms with Crippen LogP contribution in [0.1, 0.15) is 33.6 Å². The Labute approximate surface area is 130 Å². The minimum absolute atomic E-state index is 0.0381. The van der Waals surface area contributed by atoms with E-state index in [9.17, 15) is 9.59 Å². The summed E-state index contributed by atoms with van der Waals surface area (Å²) in [4.78, 5) is 25.4. The molecule has 1 aromatic rings. The Hall–Kier alpha value is -2.05. The third-order valence-electron chi connectivity index (χ3n) is 3.49. The molecular weight excluding hydrogens is 282 g/mol. The minimum Gasteiger partial charge on any atom is -0.371 e. The summed E-state index contributed by atoms with van der Waals surface area (Å²) in [7, 11) is 0. The maximum atomic E-state index is 12.6. The molecule has 3 N–H and O–H groups in total. The Morgan fingerprint density at radius 2 is 2.23 bits per heavy atom. The van der Waals surface area contributed by atoms with Crippen molar-refractivity contribution in [2.24, 2.45) is 11.1 Å². The van der Waals surface area contributed by atoms with E-state index in [1.165, 1.54) is 4.68 Å². The first-order valence-corrected chi connectivity index (χ1v) is 7.61. The molecule has 1 fully saturated rings. The van der Waals surface area contributed by atoms with Crippen LogP contribution in [0.4, 0.5) is 5.69 Å². The molecule has 1 aliphatic rings. The summed E-state index contributed by atoms with van der Waals surface area (Å²) >= 11 is 0. The van der Waals surface area contributed by atoms with Crippen molar-refractivity contribution in [1.82, 2.24) is 14.7 Å². The van der Waals surface area contributed by atoms with Gasteiger partial charge in [0, 0.05) is 19.3 Å². The van der Waals surface area contributed by atoms with Crippen LogP contribution in [0.3, 0.4) is 0 Å². The normalized spacial score (nSPS) is 19.3. The predicted molar refractivity (Wildman–Crippen MR) is 84.1 cm³/mol. The molecule has 0 bridgehead atoms. The Morgan fingerprint density at radius 1 is 1.50 bits per heavy atom. The molecule has 0 unspecified atom stereocenters. The molecule has 122 valence electrons. The van der Waals surface area contributed by atoms with Gasteiger partial charge in [0.2, 0.25) is 11.8 Å². The second-order valence-corrected chi connectivity index (χ2v) is 7.05. The molecule has 0 saturated carbocycles. The van der Waals surface area contributed by atoms with E-state index in [1.807, 2.05) is 4.90 Å². The van der Waals surface area contributed by atoms with Gasteiger partial charge in [-0.1, -0.05) is 20.8 Å². The Morgan fingerprint density at radius 3 is 2.86 bits per heavy atom. The third-order valence-corrected chi connectivity index (χ3v) is 3.49. The molecule has 0 aromatic carbocycles. The van der Waals surface area contributed by atoms with Gasteiger partial charge in [0.15, 0.2) is 0 Å².